The summed E-state index contributed by atoms with van der Waals surface area (Å²) in [6.45, 7) is 10.6. The molecule has 2 saturated carbocycles. The Morgan fingerprint density at radius 2 is 1.70 bits per heavy atom. The molecule has 168 valence electrons. The Balaban J connectivity index is 1.28. The number of nitrogens with one attached hydrogen (secondary N) is 1. The second-order valence-corrected chi connectivity index (χ2v) is 13.1. The summed E-state index contributed by atoms with van der Waals surface area (Å²) in [6, 6.07) is 3.86. The van der Waals surface area contributed by atoms with Gasteiger partial charge in [0.2, 0.25) is 0 Å². The number of rotatable bonds is 6. The first-order valence-corrected chi connectivity index (χ1v) is 13.3. The lowest BCUT2D eigenvalue weighted by atomic mass is 9.92. The van der Waals surface area contributed by atoms with E-state index >= 15 is 0 Å². The third-order valence-electron chi connectivity index (χ3n) is 7.28. The van der Waals surface area contributed by atoms with Crippen LogP contribution in [-0.4, -0.2) is 54.4 Å². The molecule has 1 aromatic rings. The van der Waals surface area contributed by atoms with E-state index in [-0.39, 0.29) is 10.3 Å². The Morgan fingerprint density at radius 3 is 2.27 bits per heavy atom. The number of aromatic nitrogens is 2. The Kier molecular flexibility index (Phi) is 6.40. The number of anilines is 1. The van der Waals surface area contributed by atoms with E-state index in [0.29, 0.717) is 17.3 Å². The van der Waals surface area contributed by atoms with Gasteiger partial charge in [0.15, 0.2) is 14.9 Å². The summed E-state index contributed by atoms with van der Waals surface area (Å²) < 4.78 is 25.6. The fourth-order valence-electron chi connectivity index (χ4n) is 5.50. The van der Waals surface area contributed by atoms with Gasteiger partial charge in [0.05, 0.1) is 5.25 Å². The van der Waals surface area contributed by atoms with Crippen LogP contribution in [0.5, 0.6) is 0 Å². The van der Waals surface area contributed by atoms with Gasteiger partial charge in [0.1, 0.15) is 5.82 Å². The molecule has 30 heavy (non-hydrogen) atoms. The zero-order valence-electron chi connectivity index (χ0n) is 18.8. The largest absolute Gasteiger partial charge is 0.366 e. The van der Waals surface area contributed by atoms with Crippen LogP contribution in [0.4, 0.5) is 5.82 Å². The van der Waals surface area contributed by atoms with Crippen LogP contribution in [0.25, 0.3) is 0 Å². The highest BCUT2D eigenvalue weighted by Crippen LogP contribution is 2.39. The molecule has 0 amide bonds. The quantitative estimate of drug-likeness (QED) is 0.725. The van der Waals surface area contributed by atoms with Crippen molar-refractivity contribution in [2.75, 3.05) is 25.0 Å². The fraction of sp³-hybridized carbons (Fsp3) is 0.826. The van der Waals surface area contributed by atoms with Crippen molar-refractivity contribution < 1.29 is 8.42 Å². The summed E-state index contributed by atoms with van der Waals surface area (Å²) in [5.74, 6) is 2.23. The lowest BCUT2D eigenvalue weighted by Crippen LogP contribution is -2.28. The molecular weight excluding hydrogens is 396 g/mol. The fourth-order valence-corrected chi connectivity index (χ4v) is 7.20. The van der Waals surface area contributed by atoms with E-state index in [9.17, 15) is 8.42 Å². The number of likely N-dealkylation sites (tertiary alicyclic amines) is 1. The maximum atomic E-state index is 12.8. The SMILES string of the molecule is CC(C)(C)CCN1C[C@H]2C[C@H](Nc3ccc(S(=O)(=O)C4CCCCC4)nn3)C[C@H]2C1. The van der Waals surface area contributed by atoms with E-state index in [2.05, 4.69) is 41.2 Å². The van der Waals surface area contributed by atoms with Crippen LogP contribution in [-0.2, 0) is 9.84 Å². The number of hydrogen-bond acceptors (Lipinski definition) is 6. The minimum Gasteiger partial charge on any atom is -0.366 e. The van der Waals surface area contributed by atoms with Gasteiger partial charge in [-0.15, -0.1) is 10.2 Å². The van der Waals surface area contributed by atoms with Gasteiger partial charge in [-0.2, -0.15) is 0 Å². The summed E-state index contributed by atoms with van der Waals surface area (Å²) >= 11 is 0. The first-order chi connectivity index (χ1) is 14.2. The molecule has 4 rings (SSSR count). The number of fused-ring (bicyclic) bond motifs is 1. The first-order valence-electron chi connectivity index (χ1n) is 11.8. The van der Waals surface area contributed by atoms with E-state index in [1.165, 1.54) is 38.9 Å². The summed E-state index contributed by atoms with van der Waals surface area (Å²) in [7, 11) is -3.35. The predicted octanol–water partition coefficient (Wildman–Crippen LogP) is 4.14. The maximum Gasteiger partial charge on any atom is 0.200 e. The van der Waals surface area contributed by atoms with Crippen molar-refractivity contribution >= 4 is 15.7 Å². The molecule has 1 aliphatic heterocycles. The monoisotopic (exact) mass is 434 g/mol. The van der Waals surface area contributed by atoms with Crippen LogP contribution in [0.15, 0.2) is 17.2 Å². The van der Waals surface area contributed by atoms with Crippen molar-refractivity contribution in [3.05, 3.63) is 12.1 Å². The van der Waals surface area contributed by atoms with Crippen LogP contribution < -0.4 is 5.32 Å². The molecule has 0 radical (unpaired) electrons. The van der Waals surface area contributed by atoms with Gasteiger partial charge in [0, 0.05) is 19.1 Å². The molecule has 7 heteroatoms. The topological polar surface area (TPSA) is 75.2 Å². The number of sulfone groups is 1. The molecule has 0 unspecified atom stereocenters. The normalized spacial score (nSPS) is 28.6. The van der Waals surface area contributed by atoms with Gasteiger partial charge >= 0.3 is 0 Å². The zero-order chi connectivity index (χ0) is 21.4. The second kappa shape index (κ2) is 8.73. The molecular formula is C23H38N4O2S. The number of nitrogens with zero attached hydrogens (tertiary/aromatic N) is 3. The molecule has 3 aliphatic rings. The van der Waals surface area contributed by atoms with Crippen molar-refractivity contribution in [2.45, 2.75) is 88.5 Å². The first kappa shape index (κ1) is 22.0. The molecule has 0 aromatic carbocycles. The van der Waals surface area contributed by atoms with Gasteiger partial charge in [-0.1, -0.05) is 40.0 Å². The van der Waals surface area contributed by atoms with Crippen LogP contribution >= 0.6 is 0 Å². The highest BCUT2D eigenvalue weighted by atomic mass is 32.2. The standard InChI is InChI=1S/C23H38N4O2S/c1-23(2,3)11-12-27-15-17-13-19(14-18(17)16-27)24-21-9-10-22(26-25-21)30(28,29)20-7-5-4-6-8-20/h9-10,17-20H,4-8,11-16H2,1-3H3,(H,24,25)/t17-,18+,19+. The summed E-state index contributed by atoms with van der Waals surface area (Å²) in [5, 5.41) is 11.7. The average molecular weight is 435 g/mol. The zero-order valence-corrected chi connectivity index (χ0v) is 19.6. The highest BCUT2D eigenvalue weighted by molar-refractivity contribution is 7.92. The highest BCUT2D eigenvalue weighted by Gasteiger charge is 2.41. The van der Waals surface area contributed by atoms with Crippen LogP contribution in [0.3, 0.4) is 0 Å². The van der Waals surface area contributed by atoms with E-state index in [1.807, 2.05) is 0 Å². The molecule has 2 aliphatic carbocycles. The average Bonchev–Trinajstić information content (AvgIpc) is 3.25. The molecule has 1 saturated heterocycles. The van der Waals surface area contributed by atoms with Crippen LogP contribution in [0, 0.1) is 17.3 Å². The smallest absolute Gasteiger partial charge is 0.200 e. The Bertz CT molecular complexity index is 799. The van der Waals surface area contributed by atoms with Crippen LogP contribution in [0.2, 0.25) is 0 Å². The molecule has 1 aromatic heterocycles. The second-order valence-electron chi connectivity index (χ2n) is 11.0. The van der Waals surface area contributed by atoms with E-state index in [0.717, 1.165) is 43.9 Å². The number of hydrogen-bond donors (Lipinski definition) is 1. The summed E-state index contributed by atoms with van der Waals surface area (Å²) in [5.41, 5.74) is 0.400. The van der Waals surface area contributed by atoms with Gasteiger partial charge in [-0.25, -0.2) is 8.42 Å². The maximum absolute atomic E-state index is 12.8. The summed E-state index contributed by atoms with van der Waals surface area (Å²) in [6.07, 6.45) is 8.21. The minimum absolute atomic E-state index is 0.137. The Morgan fingerprint density at radius 1 is 1.03 bits per heavy atom. The third-order valence-corrected chi connectivity index (χ3v) is 9.43. The third kappa shape index (κ3) is 5.16. The van der Waals surface area contributed by atoms with Gasteiger partial charge in [-0.05, 0) is 68.0 Å². The van der Waals surface area contributed by atoms with Crippen molar-refractivity contribution in [1.29, 1.82) is 0 Å². The Hall–Kier alpha value is -1.21. The van der Waals surface area contributed by atoms with Crippen LogP contribution in [0.1, 0.15) is 72.1 Å². The van der Waals surface area contributed by atoms with Crippen molar-refractivity contribution in [2.24, 2.45) is 17.3 Å². The predicted molar refractivity (Wildman–Crippen MR) is 120 cm³/mol. The molecule has 6 nitrogen and oxygen atoms in total. The Labute approximate surface area is 182 Å². The van der Waals surface area contributed by atoms with Crippen molar-refractivity contribution in [3.8, 4) is 0 Å². The van der Waals surface area contributed by atoms with Crippen molar-refractivity contribution in [3.63, 3.8) is 0 Å². The minimum atomic E-state index is -3.35. The molecule has 3 fully saturated rings. The molecule has 0 spiro atoms. The molecule has 0 bridgehead atoms. The van der Waals surface area contributed by atoms with Gasteiger partial charge in [-0.3, -0.25) is 0 Å². The summed E-state index contributed by atoms with van der Waals surface area (Å²) in [4.78, 5) is 2.64. The van der Waals surface area contributed by atoms with Crippen molar-refractivity contribution in [1.82, 2.24) is 15.1 Å². The van der Waals surface area contributed by atoms with Gasteiger partial charge in [0.25, 0.3) is 0 Å². The molecule has 3 atom stereocenters. The van der Waals surface area contributed by atoms with E-state index in [1.54, 1.807) is 12.1 Å². The van der Waals surface area contributed by atoms with Gasteiger partial charge < -0.3 is 10.2 Å². The molecule has 1 N–H and O–H groups in total. The van der Waals surface area contributed by atoms with E-state index < -0.39 is 9.84 Å². The lowest BCUT2D eigenvalue weighted by Gasteiger charge is -2.24. The molecule has 2 heterocycles. The lowest BCUT2D eigenvalue weighted by molar-refractivity contribution is 0.250. The van der Waals surface area contributed by atoms with E-state index in [4.69, 9.17) is 0 Å².